The van der Waals surface area contributed by atoms with Gasteiger partial charge in [0.2, 0.25) is 0 Å². The van der Waals surface area contributed by atoms with E-state index in [0.717, 1.165) is 12.8 Å². The van der Waals surface area contributed by atoms with Crippen molar-refractivity contribution in [2.24, 2.45) is 0 Å². The van der Waals surface area contributed by atoms with Gasteiger partial charge in [-0.3, -0.25) is 0 Å². The summed E-state index contributed by atoms with van der Waals surface area (Å²) in [7, 11) is -3.92. The average Bonchev–Trinajstić information content (AvgIpc) is 3.05. The van der Waals surface area contributed by atoms with Gasteiger partial charge in [0, 0.05) is 23.3 Å². The highest BCUT2D eigenvalue weighted by Gasteiger charge is 2.42. The first-order valence-electron chi connectivity index (χ1n) is 10.0. The SMILES string of the molecule is Cc1c(F)cccc1NC(=O)Nc1ccc(Cl)c(S(=O)(=O)C2CC3CCC(C2)N3)c1O. The van der Waals surface area contributed by atoms with Crippen molar-refractivity contribution in [1.29, 1.82) is 0 Å². The molecule has 2 atom stereocenters. The number of aromatic hydroxyl groups is 1. The molecule has 10 heteroatoms. The van der Waals surface area contributed by atoms with E-state index in [-0.39, 0.29) is 38.9 Å². The van der Waals surface area contributed by atoms with E-state index in [4.69, 9.17) is 11.6 Å². The van der Waals surface area contributed by atoms with E-state index in [9.17, 15) is 22.7 Å². The van der Waals surface area contributed by atoms with Crippen LogP contribution < -0.4 is 16.0 Å². The summed E-state index contributed by atoms with van der Waals surface area (Å²) in [5.74, 6) is -1.08. The lowest BCUT2D eigenvalue weighted by molar-refractivity contribution is 0.262. The standard InChI is InChI=1S/C21H23ClFN3O4S/c1-11-16(23)3-2-4-17(11)25-21(28)26-18-8-7-15(22)20(19(18)27)31(29,30)14-9-12-5-6-13(10-14)24-12/h2-4,7-8,12-14,24,27H,5-6,9-10H2,1H3,(H2,25,26,28). The molecule has 0 saturated carbocycles. The number of piperidine rings is 1. The lowest BCUT2D eigenvalue weighted by Gasteiger charge is -2.29. The van der Waals surface area contributed by atoms with Gasteiger partial charge in [0.1, 0.15) is 10.7 Å². The molecule has 0 aromatic heterocycles. The number of sulfone groups is 1. The fourth-order valence-corrected chi connectivity index (χ4v) is 6.86. The van der Waals surface area contributed by atoms with Crippen molar-refractivity contribution in [2.45, 2.75) is 54.8 Å². The smallest absolute Gasteiger partial charge is 0.323 e. The maximum atomic E-state index is 13.7. The van der Waals surface area contributed by atoms with Crippen molar-refractivity contribution >= 4 is 38.8 Å². The van der Waals surface area contributed by atoms with Gasteiger partial charge < -0.3 is 21.1 Å². The number of phenols is 1. The minimum Gasteiger partial charge on any atom is -0.504 e. The maximum absolute atomic E-state index is 13.7. The molecule has 2 amide bonds. The molecule has 2 aromatic rings. The van der Waals surface area contributed by atoms with Gasteiger partial charge in [-0.15, -0.1) is 0 Å². The summed E-state index contributed by atoms with van der Waals surface area (Å²) < 4.78 is 40.3. The Bertz CT molecular complexity index is 1130. The molecule has 2 aromatic carbocycles. The highest BCUT2D eigenvalue weighted by atomic mass is 35.5. The quantitative estimate of drug-likeness (QED) is 0.504. The second-order valence-electron chi connectivity index (χ2n) is 8.04. The third-order valence-electron chi connectivity index (χ3n) is 6.00. The highest BCUT2D eigenvalue weighted by Crippen LogP contribution is 2.42. The van der Waals surface area contributed by atoms with Gasteiger partial charge in [-0.2, -0.15) is 0 Å². The van der Waals surface area contributed by atoms with Crippen LogP contribution in [0.3, 0.4) is 0 Å². The van der Waals surface area contributed by atoms with Crippen molar-refractivity contribution < 1.29 is 22.7 Å². The first-order chi connectivity index (χ1) is 14.7. The fourth-order valence-electron chi connectivity index (χ4n) is 4.36. The molecule has 2 bridgehead atoms. The molecule has 0 aliphatic carbocycles. The number of hydrogen-bond acceptors (Lipinski definition) is 5. The summed E-state index contributed by atoms with van der Waals surface area (Å²) in [6.07, 6.45) is 2.76. The molecule has 7 nitrogen and oxygen atoms in total. The molecular weight excluding hydrogens is 445 g/mol. The second-order valence-corrected chi connectivity index (χ2v) is 10.6. The van der Waals surface area contributed by atoms with E-state index in [2.05, 4.69) is 16.0 Å². The zero-order valence-corrected chi connectivity index (χ0v) is 18.4. The van der Waals surface area contributed by atoms with E-state index >= 15 is 0 Å². The Morgan fingerprint density at radius 3 is 2.45 bits per heavy atom. The lowest BCUT2D eigenvalue weighted by atomic mass is 10.1. The van der Waals surface area contributed by atoms with Crippen LogP contribution in [-0.2, 0) is 9.84 Å². The van der Waals surface area contributed by atoms with Gasteiger partial charge >= 0.3 is 6.03 Å². The van der Waals surface area contributed by atoms with E-state index in [1.807, 2.05) is 0 Å². The zero-order chi connectivity index (χ0) is 22.3. The third-order valence-corrected chi connectivity index (χ3v) is 8.67. The first kappa shape index (κ1) is 21.9. The van der Waals surface area contributed by atoms with Crippen molar-refractivity contribution in [1.82, 2.24) is 5.32 Å². The van der Waals surface area contributed by atoms with Crippen LogP contribution in [0.4, 0.5) is 20.6 Å². The minimum absolute atomic E-state index is 0.102. The van der Waals surface area contributed by atoms with Gasteiger partial charge in [0.25, 0.3) is 0 Å². The third kappa shape index (κ3) is 4.22. The number of urea groups is 1. The summed E-state index contributed by atoms with van der Waals surface area (Å²) in [6, 6.07) is 6.42. The van der Waals surface area contributed by atoms with Gasteiger partial charge in [-0.25, -0.2) is 17.6 Å². The van der Waals surface area contributed by atoms with Crippen LogP contribution in [-0.4, -0.2) is 36.9 Å². The summed E-state index contributed by atoms with van der Waals surface area (Å²) in [6.45, 7) is 1.52. The summed E-state index contributed by atoms with van der Waals surface area (Å²) in [4.78, 5) is 12.0. The number of fused-ring (bicyclic) bond motifs is 2. The van der Waals surface area contributed by atoms with Crippen LogP contribution in [0.2, 0.25) is 5.02 Å². The minimum atomic E-state index is -3.92. The Balaban J connectivity index is 1.59. The van der Waals surface area contributed by atoms with Gasteiger partial charge in [0.05, 0.1) is 16.0 Å². The van der Waals surface area contributed by atoms with Gasteiger partial charge in [-0.05, 0) is 56.9 Å². The topological polar surface area (TPSA) is 108 Å². The molecule has 4 rings (SSSR count). The highest BCUT2D eigenvalue weighted by molar-refractivity contribution is 7.92. The fraction of sp³-hybridized carbons (Fsp3) is 0.381. The molecular formula is C21H23ClFN3O4S. The Morgan fingerprint density at radius 1 is 1.13 bits per heavy atom. The van der Waals surface area contributed by atoms with Crippen LogP contribution in [0.5, 0.6) is 5.75 Å². The molecule has 0 spiro atoms. The Kier molecular flexibility index (Phi) is 5.85. The maximum Gasteiger partial charge on any atom is 0.323 e. The molecule has 166 valence electrons. The second kappa shape index (κ2) is 8.29. The van der Waals surface area contributed by atoms with Crippen molar-refractivity contribution in [2.75, 3.05) is 10.6 Å². The molecule has 2 fully saturated rings. The Morgan fingerprint density at radius 2 is 1.77 bits per heavy atom. The number of phenolic OH excluding ortho intramolecular Hbond substituents is 1. The van der Waals surface area contributed by atoms with Crippen LogP contribution in [0.1, 0.15) is 31.2 Å². The number of anilines is 2. The number of benzene rings is 2. The van der Waals surface area contributed by atoms with Gasteiger partial charge in [-0.1, -0.05) is 17.7 Å². The molecule has 2 heterocycles. The molecule has 2 saturated heterocycles. The Labute approximate surface area is 184 Å². The summed E-state index contributed by atoms with van der Waals surface area (Å²) in [5.41, 5.74) is 0.400. The largest absolute Gasteiger partial charge is 0.504 e. The molecule has 2 unspecified atom stereocenters. The number of halogens is 2. The normalized spacial score (nSPS) is 22.9. The number of carbonyl (C=O) groups is 1. The van der Waals surface area contributed by atoms with Crippen molar-refractivity contribution in [3.8, 4) is 5.75 Å². The van der Waals surface area contributed by atoms with Crippen LogP contribution in [0.25, 0.3) is 0 Å². The van der Waals surface area contributed by atoms with E-state index in [1.165, 1.54) is 37.3 Å². The number of carbonyl (C=O) groups excluding carboxylic acids is 1. The Hall–Kier alpha value is -2.36. The van der Waals surface area contributed by atoms with Crippen molar-refractivity contribution in [3.63, 3.8) is 0 Å². The first-order valence-corrected chi connectivity index (χ1v) is 11.9. The number of rotatable bonds is 4. The number of amides is 2. The lowest BCUT2D eigenvalue weighted by Crippen LogP contribution is -2.43. The van der Waals surface area contributed by atoms with E-state index in [0.29, 0.717) is 12.8 Å². The molecule has 2 aliphatic rings. The van der Waals surface area contributed by atoms with E-state index in [1.54, 1.807) is 0 Å². The zero-order valence-electron chi connectivity index (χ0n) is 16.8. The number of nitrogens with one attached hydrogen (secondary N) is 3. The molecule has 2 aliphatic heterocycles. The van der Waals surface area contributed by atoms with Gasteiger partial charge in [0.15, 0.2) is 15.6 Å². The van der Waals surface area contributed by atoms with Crippen LogP contribution >= 0.6 is 11.6 Å². The van der Waals surface area contributed by atoms with E-state index < -0.39 is 32.7 Å². The summed E-state index contributed by atoms with van der Waals surface area (Å²) in [5, 5.41) is 18.3. The monoisotopic (exact) mass is 467 g/mol. The van der Waals surface area contributed by atoms with Crippen LogP contribution in [0, 0.1) is 12.7 Å². The predicted molar refractivity (Wildman–Crippen MR) is 117 cm³/mol. The summed E-state index contributed by atoms with van der Waals surface area (Å²) >= 11 is 6.17. The van der Waals surface area contributed by atoms with Crippen molar-refractivity contribution in [3.05, 3.63) is 46.7 Å². The molecule has 31 heavy (non-hydrogen) atoms. The predicted octanol–water partition coefficient (Wildman–Crippen LogP) is 4.19. The molecule has 0 radical (unpaired) electrons. The average molecular weight is 468 g/mol. The molecule has 4 N–H and O–H groups in total. The number of hydrogen-bond donors (Lipinski definition) is 4. The van der Waals surface area contributed by atoms with Crippen LogP contribution in [0.15, 0.2) is 35.2 Å².